The number of pyridine rings is 1. The van der Waals surface area contributed by atoms with E-state index in [0.717, 1.165) is 35.2 Å². The molecule has 0 bridgehead atoms. The van der Waals surface area contributed by atoms with Gasteiger partial charge in [0, 0.05) is 40.6 Å². The van der Waals surface area contributed by atoms with Gasteiger partial charge in [-0.25, -0.2) is 19.3 Å². The molecule has 4 heterocycles. The maximum absolute atomic E-state index is 15.0. The average Bonchev–Trinajstić information content (AvgIpc) is 3.56. The van der Waals surface area contributed by atoms with Gasteiger partial charge in [-0.05, 0) is 69.4 Å². The zero-order chi connectivity index (χ0) is 23.4. The quantitative estimate of drug-likeness (QED) is 0.346. The van der Waals surface area contributed by atoms with Crippen LogP contribution in [0.5, 0.6) is 0 Å². The number of hydrogen-bond donors (Lipinski definition) is 0. The van der Waals surface area contributed by atoms with Crippen molar-refractivity contribution < 1.29 is 9.13 Å². The standard InChI is InChI=1S/C26H25ClFN5O/c1-14-9-22-25(30-15(14)2)24(20-6-3-18(27)11-21(20)28)32-26(31-22)16-7-8-34-23(10-16)17-12-29-33(13-17)19-4-5-19/h3,6,9,11-13,16,19,23H,4-5,7-8,10H2,1-2H3/t16-,23-/m0/s1. The Balaban J connectivity index is 1.41. The van der Waals surface area contributed by atoms with Crippen molar-refractivity contribution in [3.63, 3.8) is 0 Å². The smallest absolute Gasteiger partial charge is 0.134 e. The van der Waals surface area contributed by atoms with Crippen LogP contribution in [0.3, 0.4) is 0 Å². The lowest BCUT2D eigenvalue weighted by molar-refractivity contribution is 0.00397. The van der Waals surface area contributed by atoms with Crippen LogP contribution in [-0.4, -0.2) is 31.3 Å². The molecule has 2 aliphatic rings. The molecule has 3 aromatic heterocycles. The Morgan fingerprint density at radius 3 is 2.74 bits per heavy atom. The van der Waals surface area contributed by atoms with Gasteiger partial charge in [-0.2, -0.15) is 5.10 Å². The minimum absolute atomic E-state index is 0.0563. The Bertz CT molecular complexity index is 1400. The van der Waals surface area contributed by atoms with Gasteiger partial charge in [0.25, 0.3) is 0 Å². The molecule has 6 rings (SSSR count). The molecule has 0 N–H and O–H groups in total. The first-order valence-corrected chi connectivity index (χ1v) is 12.1. The Morgan fingerprint density at radius 1 is 1.09 bits per heavy atom. The molecule has 1 aliphatic carbocycles. The summed E-state index contributed by atoms with van der Waals surface area (Å²) in [6.07, 6.45) is 7.91. The number of nitrogens with zero attached hydrogens (tertiary/aromatic N) is 5. The minimum Gasteiger partial charge on any atom is -0.373 e. The summed E-state index contributed by atoms with van der Waals surface area (Å²) in [5.41, 5.74) is 5.21. The highest BCUT2D eigenvalue weighted by molar-refractivity contribution is 6.30. The topological polar surface area (TPSA) is 65.7 Å². The molecule has 174 valence electrons. The summed E-state index contributed by atoms with van der Waals surface area (Å²) in [5.74, 6) is 0.365. The van der Waals surface area contributed by atoms with Crippen molar-refractivity contribution >= 4 is 22.6 Å². The van der Waals surface area contributed by atoms with Crippen molar-refractivity contribution in [3.05, 3.63) is 70.1 Å². The SMILES string of the molecule is Cc1cc2nc([C@H]3CCO[C@H](c4cnn(C5CC5)c4)C3)nc(-c3ccc(Cl)cc3F)c2nc1C. The lowest BCUT2D eigenvalue weighted by Crippen LogP contribution is -2.20. The van der Waals surface area contributed by atoms with Crippen molar-refractivity contribution in [2.45, 2.75) is 57.6 Å². The largest absolute Gasteiger partial charge is 0.373 e. The van der Waals surface area contributed by atoms with Gasteiger partial charge in [-0.1, -0.05) is 11.6 Å². The van der Waals surface area contributed by atoms with Crippen LogP contribution in [0.4, 0.5) is 4.39 Å². The first-order chi connectivity index (χ1) is 16.5. The van der Waals surface area contributed by atoms with Gasteiger partial charge in [-0.15, -0.1) is 0 Å². The van der Waals surface area contributed by atoms with Gasteiger partial charge < -0.3 is 4.74 Å². The number of hydrogen-bond acceptors (Lipinski definition) is 5. The molecule has 0 amide bonds. The highest BCUT2D eigenvalue weighted by atomic mass is 35.5. The van der Waals surface area contributed by atoms with E-state index in [9.17, 15) is 4.39 Å². The van der Waals surface area contributed by atoms with Crippen molar-refractivity contribution in [2.24, 2.45) is 0 Å². The first kappa shape index (κ1) is 21.6. The van der Waals surface area contributed by atoms with Crippen LogP contribution in [0.1, 0.15) is 66.4 Å². The van der Waals surface area contributed by atoms with Crippen LogP contribution >= 0.6 is 11.6 Å². The van der Waals surface area contributed by atoms with Crippen LogP contribution in [0.2, 0.25) is 5.02 Å². The van der Waals surface area contributed by atoms with E-state index in [1.165, 1.54) is 18.9 Å². The summed E-state index contributed by atoms with van der Waals surface area (Å²) in [7, 11) is 0. The van der Waals surface area contributed by atoms with Crippen molar-refractivity contribution in [3.8, 4) is 11.3 Å². The highest BCUT2D eigenvalue weighted by Gasteiger charge is 2.31. The lowest BCUT2D eigenvalue weighted by Gasteiger charge is -2.28. The number of halogens is 2. The summed E-state index contributed by atoms with van der Waals surface area (Å²) in [4.78, 5) is 14.5. The number of benzene rings is 1. The predicted octanol–water partition coefficient (Wildman–Crippen LogP) is 6.27. The molecular formula is C26H25ClFN5O. The number of ether oxygens (including phenoxy) is 1. The third-order valence-corrected chi connectivity index (χ3v) is 7.12. The summed E-state index contributed by atoms with van der Waals surface area (Å²) < 4.78 is 23.1. The fourth-order valence-corrected chi connectivity index (χ4v) is 4.80. The van der Waals surface area contributed by atoms with E-state index in [1.54, 1.807) is 12.1 Å². The van der Waals surface area contributed by atoms with Crippen LogP contribution < -0.4 is 0 Å². The predicted molar refractivity (Wildman–Crippen MR) is 128 cm³/mol. The fourth-order valence-electron chi connectivity index (χ4n) is 4.64. The van der Waals surface area contributed by atoms with Gasteiger partial charge in [-0.3, -0.25) is 4.68 Å². The molecule has 1 saturated heterocycles. The van der Waals surface area contributed by atoms with Gasteiger partial charge >= 0.3 is 0 Å². The molecule has 0 unspecified atom stereocenters. The number of rotatable bonds is 4. The first-order valence-electron chi connectivity index (χ1n) is 11.7. The van der Waals surface area contributed by atoms with Gasteiger partial charge in [0.15, 0.2) is 0 Å². The minimum atomic E-state index is -0.421. The normalized spacial score (nSPS) is 20.7. The van der Waals surface area contributed by atoms with E-state index in [1.807, 2.05) is 30.8 Å². The molecular weight excluding hydrogens is 453 g/mol. The zero-order valence-corrected chi connectivity index (χ0v) is 19.9. The Labute approximate surface area is 202 Å². The van der Waals surface area contributed by atoms with E-state index in [4.69, 9.17) is 31.3 Å². The molecule has 8 heteroatoms. The molecule has 1 aromatic carbocycles. The molecule has 0 radical (unpaired) electrons. The highest BCUT2D eigenvalue weighted by Crippen LogP contribution is 2.40. The second kappa shape index (κ2) is 8.40. The van der Waals surface area contributed by atoms with Crippen molar-refractivity contribution in [2.75, 3.05) is 6.61 Å². The molecule has 34 heavy (non-hydrogen) atoms. The molecule has 0 spiro atoms. The molecule has 4 aromatic rings. The Kier molecular flexibility index (Phi) is 5.34. The Hall–Kier alpha value is -2.90. The van der Waals surface area contributed by atoms with Gasteiger partial charge in [0.05, 0.1) is 23.9 Å². The van der Waals surface area contributed by atoms with E-state index in [-0.39, 0.29) is 12.0 Å². The number of aromatic nitrogens is 5. The lowest BCUT2D eigenvalue weighted by atomic mass is 9.92. The third kappa shape index (κ3) is 3.97. The number of aryl methyl sites for hydroxylation is 2. The van der Waals surface area contributed by atoms with Gasteiger partial charge in [0.2, 0.25) is 0 Å². The van der Waals surface area contributed by atoms with E-state index >= 15 is 0 Å². The second-order valence-corrected chi connectivity index (χ2v) is 9.82. The van der Waals surface area contributed by atoms with Crippen LogP contribution in [0, 0.1) is 19.7 Å². The average molecular weight is 478 g/mol. The monoisotopic (exact) mass is 477 g/mol. The molecule has 6 nitrogen and oxygen atoms in total. The summed E-state index contributed by atoms with van der Waals surface area (Å²) in [6, 6.07) is 7.20. The molecule has 1 aliphatic heterocycles. The van der Waals surface area contributed by atoms with Crippen LogP contribution in [0.15, 0.2) is 36.7 Å². The van der Waals surface area contributed by atoms with E-state index in [2.05, 4.69) is 11.3 Å². The maximum atomic E-state index is 15.0. The molecule has 2 atom stereocenters. The third-order valence-electron chi connectivity index (χ3n) is 6.88. The van der Waals surface area contributed by atoms with E-state index in [0.29, 0.717) is 40.3 Å². The Morgan fingerprint density at radius 2 is 1.94 bits per heavy atom. The van der Waals surface area contributed by atoms with E-state index < -0.39 is 5.82 Å². The number of fused-ring (bicyclic) bond motifs is 1. The van der Waals surface area contributed by atoms with Crippen LogP contribution in [0.25, 0.3) is 22.3 Å². The summed E-state index contributed by atoms with van der Waals surface area (Å²) >= 11 is 6.01. The maximum Gasteiger partial charge on any atom is 0.134 e. The van der Waals surface area contributed by atoms with Crippen molar-refractivity contribution in [1.82, 2.24) is 24.7 Å². The second-order valence-electron chi connectivity index (χ2n) is 9.38. The zero-order valence-electron chi connectivity index (χ0n) is 19.1. The summed E-state index contributed by atoms with van der Waals surface area (Å²) in [6.45, 7) is 4.56. The van der Waals surface area contributed by atoms with Crippen molar-refractivity contribution in [1.29, 1.82) is 0 Å². The molecule has 2 fully saturated rings. The fraction of sp³-hybridized carbons (Fsp3) is 0.385. The molecule has 1 saturated carbocycles. The van der Waals surface area contributed by atoms with Gasteiger partial charge in [0.1, 0.15) is 22.9 Å². The van der Waals surface area contributed by atoms with Crippen LogP contribution in [-0.2, 0) is 4.74 Å². The summed E-state index contributed by atoms with van der Waals surface area (Å²) in [5, 5.41) is 4.87.